The van der Waals surface area contributed by atoms with Gasteiger partial charge in [-0.15, -0.1) is 0 Å². The summed E-state index contributed by atoms with van der Waals surface area (Å²) in [6.45, 7) is 3.33. The van der Waals surface area contributed by atoms with Crippen molar-refractivity contribution in [1.29, 1.82) is 0 Å². The monoisotopic (exact) mass is 234 g/mol. The van der Waals surface area contributed by atoms with Gasteiger partial charge in [-0.3, -0.25) is 4.79 Å². The second-order valence-corrected chi connectivity index (χ2v) is 4.33. The molecule has 0 saturated heterocycles. The van der Waals surface area contributed by atoms with Gasteiger partial charge in [0.15, 0.2) is 0 Å². The van der Waals surface area contributed by atoms with E-state index in [0.717, 1.165) is 23.2 Å². The van der Waals surface area contributed by atoms with Crippen molar-refractivity contribution < 1.29 is 9.53 Å². The fraction of sp³-hybridized carbons (Fsp3) is 0.462. The summed E-state index contributed by atoms with van der Waals surface area (Å²) in [5.74, 6) is -0.00889. The van der Waals surface area contributed by atoms with Gasteiger partial charge in [0.05, 0.1) is 5.69 Å². The molecule has 0 fully saturated rings. The number of para-hydroxylation sites is 1. The lowest BCUT2D eigenvalue weighted by molar-refractivity contribution is -0.119. The molecule has 0 spiro atoms. The number of nitrogens with zero attached hydrogens (tertiary/aromatic N) is 1. The van der Waals surface area contributed by atoms with Crippen LogP contribution in [0.4, 0.5) is 5.69 Å². The van der Waals surface area contributed by atoms with Crippen LogP contribution in [0.5, 0.6) is 0 Å². The van der Waals surface area contributed by atoms with E-state index in [0.29, 0.717) is 13.2 Å². The van der Waals surface area contributed by atoms with Crippen LogP contribution in [0, 0.1) is 6.92 Å². The number of fused-ring (bicyclic) bond motifs is 1. The van der Waals surface area contributed by atoms with Gasteiger partial charge in [0, 0.05) is 25.8 Å². The number of nitrogens with two attached hydrogens (primary N) is 1. The lowest BCUT2D eigenvalue weighted by atomic mass is 10.1. The average molecular weight is 234 g/mol. The molecule has 92 valence electrons. The maximum Gasteiger partial charge on any atom is 0.248 e. The lowest BCUT2D eigenvalue weighted by Crippen LogP contribution is -2.33. The van der Waals surface area contributed by atoms with Crippen molar-refractivity contribution in [3.8, 4) is 0 Å². The summed E-state index contributed by atoms with van der Waals surface area (Å²) in [6, 6.07) is 5.38. The Morgan fingerprint density at radius 1 is 1.47 bits per heavy atom. The van der Waals surface area contributed by atoms with E-state index < -0.39 is 6.04 Å². The highest BCUT2D eigenvalue weighted by Gasteiger charge is 2.35. The molecule has 1 unspecified atom stereocenters. The van der Waals surface area contributed by atoms with Crippen LogP contribution >= 0.6 is 0 Å². The first-order valence-corrected chi connectivity index (χ1v) is 5.82. The van der Waals surface area contributed by atoms with E-state index in [4.69, 9.17) is 10.5 Å². The SMILES string of the molecule is COCCCN1C(=O)C(N)c2cccc(C)c21. The van der Waals surface area contributed by atoms with Gasteiger partial charge in [-0.05, 0) is 18.9 Å². The fourth-order valence-electron chi connectivity index (χ4n) is 2.30. The molecule has 4 nitrogen and oxygen atoms in total. The van der Waals surface area contributed by atoms with E-state index in [-0.39, 0.29) is 5.91 Å². The predicted molar refractivity (Wildman–Crippen MR) is 67.0 cm³/mol. The van der Waals surface area contributed by atoms with Crippen molar-refractivity contribution in [2.75, 3.05) is 25.2 Å². The van der Waals surface area contributed by atoms with Crippen LogP contribution in [0.2, 0.25) is 0 Å². The Morgan fingerprint density at radius 3 is 2.94 bits per heavy atom. The Kier molecular flexibility index (Phi) is 3.45. The van der Waals surface area contributed by atoms with Gasteiger partial charge in [-0.1, -0.05) is 18.2 Å². The van der Waals surface area contributed by atoms with Crippen LogP contribution in [0.1, 0.15) is 23.6 Å². The number of carbonyl (C=O) groups excluding carboxylic acids is 1. The summed E-state index contributed by atoms with van der Waals surface area (Å²) in [6.07, 6.45) is 0.822. The van der Waals surface area contributed by atoms with Gasteiger partial charge in [0.1, 0.15) is 6.04 Å². The van der Waals surface area contributed by atoms with Gasteiger partial charge in [-0.25, -0.2) is 0 Å². The molecule has 1 atom stereocenters. The summed E-state index contributed by atoms with van der Waals surface area (Å²) in [5.41, 5.74) is 8.95. The first kappa shape index (κ1) is 12.1. The summed E-state index contributed by atoms with van der Waals surface area (Å²) < 4.78 is 5.01. The molecule has 0 bridgehead atoms. The van der Waals surface area contributed by atoms with E-state index in [2.05, 4.69) is 0 Å². The normalized spacial score (nSPS) is 18.6. The summed E-state index contributed by atoms with van der Waals surface area (Å²) in [4.78, 5) is 13.9. The van der Waals surface area contributed by atoms with Crippen molar-refractivity contribution in [1.82, 2.24) is 0 Å². The topological polar surface area (TPSA) is 55.6 Å². The quantitative estimate of drug-likeness (QED) is 0.801. The molecule has 0 radical (unpaired) electrons. The van der Waals surface area contributed by atoms with E-state index in [1.807, 2.05) is 25.1 Å². The molecular formula is C13H18N2O2. The van der Waals surface area contributed by atoms with Gasteiger partial charge in [0.25, 0.3) is 0 Å². The highest BCUT2D eigenvalue weighted by Crippen LogP contribution is 2.36. The maximum atomic E-state index is 12.1. The Bertz CT molecular complexity index is 431. The first-order chi connectivity index (χ1) is 8.16. The molecule has 1 aromatic rings. The zero-order valence-corrected chi connectivity index (χ0v) is 10.3. The molecule has 2 rings (SSSR count). The van der Waals surface area contributed by atoms with Crippen LogP contribution in [0.25, 0.3) is 0 Å². The summed E-state index contributed by atoms with van der Waals surface area (Å²) >= 11 is 0. The molecule has 0 aliphatic carbocycles. The number of hydrogen-bond acceptors (Lipinski definition) is 3. The number of amides is 1. The molecule has 0 saturated carbocycles. The molecule has 2 N–H and O–H groups in total. The first-order valence-electron chi connectivity index (χ1n) is 5.82. The van der Waals surface area contributed by atoms with Gasteiger partial charge in [0.2, 0.25) is 5.91 Å². The van der Waals surface area contributed by atoms with E-state index in [1.165, 1.54) is 0 Å². The highest BCUT2D eigenvalue weighted by atomic mass is 16.5. The molecule has 4 heteroatoms. The number of carbonyl (C=O) groups is 1. The minimum Gasteiger partial charge on any atom is -0.385 e. The number of aryl methyl sites for hydroxylation is 1. The molecule has 1 aliphatic rings. The van der Waals surface area contributed by atoms with Crippen LogP contribution in [0.3, 0.4) is 0 Å². The van der Waals surface area contributed by atoms with Gasteiger partial charge in [-0.2, -0.15) is 0 Å². The fourth-order valence-corrected chi connectivity index (χ4v) is 2.30. The van der Waals surface area contributed by atoms with Crippen molar-refractivity contribution >= 4 is 11.6 Å². The van der Waals surface area contributed by atoms with E-state index in [1.54, 1.807) is 12.0 Å². The smallest absolute Gasteiger partial charge is 0.248 e. The second-order valence-electron chi connectivity index (χ2n) is 4.33. The number of anilines is 1. The third-order valence-corrected chi connectivity index (χ3v) is 3.14. The van der Waals surface area contributed by atoms with Crippen molar-refractivity contribution in [3.63, 3.8) is 0 Å². The number of rotatable bonds is 4. The molecule has 1 amide bonds. The minimum absolute atomic E-state index is 0.00889. The molecule has 1 heterocycles. The largest absolute Gasteiger partial charge is 0.385 e. The number of methoxy groups -OCH3 is 1. The third-order valence-electron chi connectivity index (χ3n) is 3.14. The van der Waals surface area contributed by atoms with Crippen LogP contribution in [-0.2, 0) is 9.53 Å². The summed E-state index contributed by atoms with van der Waals surface area (Å²) in [5, 5.41) is 0. The molecular weight excluding hydrogens is 216 g/mol. The molecule has 1 aromatic carbocycles. The van der Waals surface area contributed by atoms with Crippen LogP contribution in [0.15, 0.2) is 18.2 Å². The Labute approximate surface area is 101 Å². The van der Waals surface area contributed by atoms with Gasteiger partial charge < -0.3 is 15.4 Å². The van der Waals surface area contributed by atoms with Crippen molar-refractivity contribution in [2.24, 2.45) is 5.73 Å². The number of hydrogen-bond donors (Lipinski definition) is 1. The molecule has 17 heavy (non-hydrogen) atoms. The van der Waals surface area contributed by atoms with Gasteiger partial charge >= 0.3 is 0 Å². The number of benzene rings is 1. The lowest BCUT2D eigenvalue weighted by Gasteiger charge is -2.19. The van der Waals surface area contributed by atoms with Crippen molar-refractivity contribution in [3.05, 3.63) is 29.3 Å². The van der Waals surface area contributed by atoms with Crippen molar-refractivity contribution in [2.45, 2.75) is 19.4 Å². The highest BCUT2D eigenvalue weighted by molar-refractivity contribution is 6.05. The third kappa shape index (κ3) is 2.06. The Balaban J connectivity index is 2.27. The standard InChI is InChI=1S/C13H18N2O2/c1-9-5-3-6-10-11(14)13(16)15(12(9)10)7-4-8-17-2/h3,5-6,11H,4,7-8,14H2,1-2H3. The molecule has 1 aliphatic heterocycles. The zero-order chi connectivity index (χ0) is 12.4. The summed E-state index contributed by atoms with van der Waals surface area (Å²) in [7, 11) is 1.66. The zero-order valence-electron chi connectivity index (χ0n) is 10.3. The predicted octanol–water partition coefficient (Wildman–Crippen LogP) is 1.38. The maximum absolute atomic E-state index is 12.1. The average Bonchev–Trinajstić information content (AvgIpc) is 2.56. The molecule has 0 aromatic heterocycles. The Hall–Kier alpha value is -1.39. The van der Waals surface area contributed by atoms with Crippen LogP contribution in [-0.4, -0.2) is 26.2 Å². The van der Waals surface area contributed by atoms with E-state index in [9.17, 15) is 4.79 Å². The van der Waals surface area contributed by atoms with E-state index >= 15 is 0 Å². The minimum atomic E-state index is -0.507. The van der Waals surface area contributed by atoms with Crippen LogP contribution < -0.4 is 10.6 Å². The Morgan fingerprint density at radius 2 is 2.24 bits per heavy atom. The number of ether oxygens (including phenoxy) is 1. The second kappa shape index (κ2) is 4.85.